The third-order valence-corrected chi connectivity index (χ3v) is 7.95. The molecule has 0 saturated carbocycles. The second kappa shape index (κ2) is 9.73. The summed E-state index contributed by atoms with van der Waals surface area (Å²) in [4.78, 5) is 48.1. The molecule has 1 fully saturated rings. The van der Waals surface area contributed by atoms with Gasteiger partial charge in [0.05, 0.1) is 22.0 Å². The highest BCUT2D eigenvalue weighted by Gasteiger charge is 2.56. The Kier molecular flexibility index (Phi) is 6.58. The van der Waals surface area contributed by atoms with E-state index >= 15 is 0 Å². The predicted molar refractivity (Wildman–Crippen MR) is 145 cm³/mol. The highest BCUT2D eigenvalue weighted by molar-refractivity contribution is 6.35. The maximum atomic E-state index is 14.1. The van der Waals surface area contributed by atoms with Crippen LogP contribution in [0.2, 0.25) is 5.02 Å². The fraction of sp³-hybridized carbons (Fsp3) is 0.345. The van der Waals surface area contributed by atoms with Crippen LogP contribution < -0.4 is 5.32 Å². The Hall–Kier alpha value is -3.96. The molecule has 1 spiro atoms. The van der Waals surface area contributed by atoms with Crippen LogP contribution in [0.4, 0.5) is 5.69 Å². The Morgan fingerprint density at radius 3 is 2.76 bits per heavy atom. The summed E-state index contributed by atoms with van der Waals surface area (Å²) in [5.74, 6) is -0.776. The summed E-state index contributed by atoms with van der Waals surface area (Å²) in [5, 5.41) is 14.2. The first-order valence-corrected chi connectivity index (χ1v) is 13.0. The number of likely N-dealkylation sites (tertiary alicyclic amines) is 1. The number of hydrogen-bond acceptors (Lipinski definition) is 5. The fourth-order valence-corrected chi connectivity index (χ4v) is 5.86. The molecular weight excluding hydrogens is 502 g/mol. The lowest BCUT2D eigenvalue weighted by molar-refractivity contribution is -0.136. The topological polar surface area (TPSA) is 106 Å². The monoisotopic (exact) mass is 529 g/mol. The van der Waals surface area contributed by atoms with E-state index in [0.717, 1.165) is 10.9 Å². The van der Waals surface area contributed by atoms with Gasteiger partial charge in [-0.2, -0.15) is 5.26 Å². The number of nitrogens with one attached hydrogen (secondary N) is 1. The van der Waals surface area contributed by atoms with Crippen LogP contribution in [0.5, 0.6) is 0 Å². The van der Waals surface area contributed by atoms with Gasteiger partial charge >= 0.3 is 0 Å². The highest BCUT2D eigenvalue weighted by atomic mass is 35.5. The molecule has 3 aromatic rings. The van der Waals surface area contributed by atoms with E-state index in [1.807, 2.05) is 38.1 Å². The van der Waals surface area contributed by atoms with Gasteiger partial charge in [0.25, 0.3) is 5.91 Å². The number of carbonyl (C=O) groups is 3. The molecule has 5 rings (SSSR count). The molecular formula is C29H28ClN5O3. The number of nitriles is 1. The van der Waals surface area contributed by atoms with E-state index in [0.29, 0.717) is 28.2 Å². The van der Waals surface area contributed by atoms with Crippen LogP contribution in [0.3, 0.4) is 0 Å². The first-order chi connectivity index (χ1) is 18.2. The number of aromatic nitrogens is 1. The van der Waals surface area contributed by atoms with Crippen LogP contribution in [0.25, 0.3) is 10.9 Å². The van der Waals surface area contributed by atoms with Gasteiger partial charge in [0.15, 0.2) is 0 Å². The smallest absolute Gasteiger partial charge is 0.254 e. The van der Waals surface area contributed by atoms with Crippen molar-refractivity contribution >= 4 is 45.9 Å². The number of anilines is 1. The van der Waals surface area contributed by atoms with Crippen LogP contribution in [0.15, 0.2) is 54.7 Å². The molecule has 9 heteroatoms. The van der Waals surface area contributed by atoms with Crippen molar-refractivity contribution in [2.45, 2.75) is 44.2 Å². The summed E-state index contributed by atoms with van der Waals surface area (Å²) in [6.45, 7) is 4.05. The summed E-state index contributed by atoms with van der Waals surface area (Å²) in [6, 6.07) is 14.8. The number of benzene rings is 2. The zero-order valence-corrected chi connectivity index (χ0v) is 22.2. The molecule has 38 heavy (non-hydrogen) atoms. The minimum atomic E-state index is -0.985. The van der Waals surface area contributed by atoms with E-state index in [1.165, 1.54) is 9.80 Å². The summed E-state index contributed by atoms with van der Waals surface area (Å²) in [6.07, 6.45) is 2.20. The molecule has 194 valence electrons. The predicted octanol–water partition coefficient (Wildman–Crippen LogP) is 4.39. The van der Waals surface area contributed by atoms with Crippen LogP contribution >= 0.6 is 11.6 Å². The molecule has 0 unspecified atom stereocenters. The van der Waals surface area contributed by atoms with Crippen molar-refractivity contribution in [3.05, 3.63) is 70.9 Å². The molecule has 2 aromatic carbocycles. The van der Waals surface area contributed by atoms with Gasteiger partial charge in [-0.05, 0) is 42.2 Å². The minimum absolute atomic E-state index is 0.0852. The number of para-hydroxylation sites is 1. The van der Waals surface area contributed by atoms with Gasteiger partial charge in [-0.3, -0.25) is 19.4 Å². The number of nitrogens with zero attached hydrogens (tertiary/aromatic N) is 4. The van der Waals surface area contributed by atoms with Gasteiger partial charge in [-0.15, -0.1) is 0 Å². The lowest BCUT2D eigenvalue weighted by Crippen LogP contribution is -2.52. The average Bonchev–Trinajstić information content (AvgIpc) is 3.44. The molecule has 1 N–H and O–H groups in total. The second-order valence-electron chi connectivity index (χ2n) is 10.5. The Morgan fingerprint density at radius 2 is 2.03 bits per heavy atom. The number of rotatable bonds is 5. The van der Waals surface area contributed by atoms with E-state index < -0.39 is 17.5 Å². The van der Waals surface area contributed by atoms with Gasteiger partial charge in [0.1, 0.15) is 12.1 Å². The van der Waals surface area contributed by atoms with Gasteiger partial charge in [-0.1, -0.05) is 49.7 Å². The van der Waals surface area contributed by atoms with Crippen molar-refractivity contribution < 1.29 is 14.4 Å². The molecule has 0 bridgehead atoms. The molecule has 3 amide bonds. The van der Waals surface area contributed by atoms with Crippen molar-refractivity contribution in [1.82, 2.24) is 14.8 Å². The fourth-order valence-electron chi connectivity index (χ4n) is 5.64. The lowest BCUT2D eigenvalue weighted by atomic mass is 9.80. The lowest BCUT2D eigenvalue weighted by Gasteiger charge is -2.33. The molecule has 2 aliphatic heterocycles. The van der Waals surface area contributed by atoms with E-state index in [2.05, 4.69) is 16.4 Å². The van der Waals surface area contributed by atoms with Gasteiger partial charge in [0, 0.05) is 42.8 Å². The quantitative estimate of drug-likeness (QED) is 0.527. The van der Waals surface area contributed by atoms with E-state index in [-0.39, 0.29) is 36.6 Å². The molecule has 1 aromatic heterocycles. The summed E-state index contributed by atoms with van der Waals surface area (Å²) in [5.41, 5.74) is 1.49. The molecule has 1 saturated heterocycles. The van der Waals surface area contributed by atoms with Crippen molar-refractivity contribution in [3.8, 4) is 6.07 Å². The molecule has 3 atom stereocenters. The Balaban J connectivity index is 1.46. The maximum absolute atomic E-state index is 14.1. The zero-order chi connectivity index (χ0) is 27.2. The minimum Gasteiger partial charge on any atom is -0.330 e. The summed E-state index contributed by atoms with van der Waals surface area (Å²) >= 11 is 6.25. The number of amides is 3. The second-order valence-corrected chi connectivity index (χ2v) is 10.9. The number of halogens is 1. The van der Waals surface area contributed by atoms with Gasteiger partial charge in [0.2, 0.25) is 11.8 Å². The standard InChI is InChI=1S/C29H28ClN5O3/c1-17(2)12-25(34(3)26(36)18-8-9-20-22(30)10-11-32-24(20)13-18)27(37)35-16-29(14-19(35)15-31)21-6-4-5-7-23(21)33-28(29)38/h4-11,13,17,19,25H,12,14,16H2,1-3H3,(H,33,38)/t19-,25-,29-/m0/s1. The van der Waals surface area contributed by atoms with Crippen LogP contribution in [-0.2, 0) is 15.0 Å². The van der Waals surface area contributed by atoms with Crippen molar-refractivity contribution in [1.29, 1.82) is 5.26 Å². The third kappa shape index (κ3) is 4.17. The van der Waals surface area contributed by atoms with Crippen LogP contribution in [-0.4, -0.2) is 58.2 Å². The molecule has 0 aliphatic carbocycles. The van der Waals surface area contributed by atoms with Crippen LogP contribution in [0, 0.1) is 17.2 Å². The summed E-state index contributed by atoms with van der Waals surface area (Å²) < 4.78 is 0. The Labute approximate surface area is 226 Å². The molecule has 0 radical (unpaired) electrons. The van der Waals surface area contributed by atoms with Crippen molar-refractivity contribution in [2.75, 3.05) is 18.9 Å². The number of hydrogen-bond donors (Lipinski definition) is 1. The van der Waals surface area contributed by atoms with Crippen LogP contribution in [0.1, 0.15) is 42.6 Å². The first-order valence-electron chi connectivity index (χ1n) is 12.6. The number of pyridine rings is 1. The average molecular weight is 530 g/mol. The molecule has 2 aliphatic rings. The summed E-state index contributed by atoms with van der Waals surface area (Å²) in [7, 11) is 1.60. The Morgan fingerprint density at radius 1 is 1.26 bits per heavy atom. The van der Waals surface area contributed by atoms with E-state index in [1.54, 1.807) is 37.5 Å². The number of carbonyl (C=O) groups excluding carboxylic acids is 3. The maximum Gasteiger partial charge on any atom is 0.254 e. The SMILES string of the molecule is CC(C)C[C@@H](C(=O)N1C[C@]2(C[C@H]1C#N)C(=O)Nc1ccccc12)N(C)C(=O)c1ccc2c(Cl)ccnc2c1. The van der Waals surface area contributed by atoms with E-state index in [4.69, 9.17) is 11.6 Å². The van der Waals surface area contributed by atoms with Gasteiger partial charge < -0.3 is 15.1 Å². The molecule has 3 heterocycles. The first kappa shape index (κ1) is 25.7. The van der Waals surface area contributed by atoms with Crippen molar-refractivity contribution in [3.63, 3.8) is 0 Å². The van der Waals surface area contributed by atoms with E-state index in [9.17, 15) is 19.6 Å². The largest absolute Gasteiger partial charge is 0.330 e. The zero-order valence-electron chi connectivity index (χ0n) is 21.4. The third-order valence-electron chi connectivity index (χ3n) is 7.62. The number of likely N-dealkylation sites (N-methyl/N-ethyl adjacent to an activating group) is 1. The highest BCUT2D eigenvalue weighted by Crippen LogP contribution is 2.46. The van der Waals surface area contributed by atoms with Gasteiger partial charge in [-0.25, -0.2) is 0 Å². The Bertz CT molecular complexity index is 1500. The molecule has 8 nitrogen and oxygen atoms in total. The number of fused-ring (bicyclic) bond motifs is 3. The normalized spacial score (nSPS) is 20.9. The van der Waals surface area contributed by atoms with Crippen molar-refractivity contribution in [2.24, 2.45) is 5.92 Å².